The number of pyridine rings is 2. The molecule has 0 amide bonds. The van der Waals surface area contributed by atoms with E-state index < -0.39 is 0 Å². The largest absolute Gasteiger partial charge is 2.00 e. The Balaban J connectivity index is 0.00000278. The molecule has 2 aromatic carbocycles. The first-order valence-corrected chi connectivity index (χ1v) is 13.4. The minimum Gasteiger partial charge on any atom is -0.357 e. The van der Waals surface area contributed by atoms with Gasteiger partial charge in [0.2, 0.25) is 0 Å². The normalized spacial score (nSPS) is 11.8. The Labute approximate surface area is 254 Å². The van der Waals surface area contributed by atoms with E-state index in [0.717, 1.165) is 43.8 Å². The number of hydrogen-bond acceptors (Lipinski definition) is 8. The van der Waals surface area contributed by atoms with E-state index >= 15 is 0 Å². The van der Waals surface area contributed by atoms with E-state index in [1.165, 1.54) is 0 Å². The van der Waals surface area contributed by atoms with Crippen molar-refractivity contribution < 1.29 is 17.1 Å². The molecule has 0 saturated carbocycles. The summed E-state index contributed by atoms with van der Waals surface area (Å²) in [5.74, 6) is 1.83. The van der Waals surface area contributed by atoms with Gasteiger partial charge in [-0.15, -0.1) is 0 Å². The predicted octanol–water partition coefficient (Wildman–Crippen LogP) is 5.53. The van der Waals surface area contributed by atoms with Gasteiger partial charge in [-0.2, -0.15) is 0 Å². The van der Waals surface area contributed by atoms with Crippen LogP contribution in [0.15, 0.2) is 73.1 Å². The molecule has 11 heteroatoms. The van der Waals surface area contributed by atoms with Crippen LogP contribution in [-0.4, -0.2) is 39.9 Å². The molecule has 0 saturated heterocycles. The molecule has 0 atom stereocenters. The third kappa shape index (κ3) is 3.86. The van der Waals surface area contributed by atoms with Crippen molar-refractivity contribution in [3.8, 4) is 45.8 Å². The van der Waals surface area contributed by atoms with Gasteiger partial charge in [0.05, 0.1) is 11.6 Å². The van der Waals surface area contributed by atoms with E-state index in [-0.39, 0.29) is 17.1 Å². The van der Waals surface area contributed by atoms with Crippen molar-refractivity contribution in [3.63, 3.8) is 0 Å². The molecule has 207 valence electrons. The molecular weight excluding hydrogens is 588 g/mol. The first-order chi connectivity index (χ1) is 20.6. The number of benzene rings is 2. The van der Waals surface area contributed by atoms with Gasteiger partial charge in [0.15, 0.2) is 0 Å². The van der Waals surface area contributed by atoms with E-state index in [1.807, 2.05) is 62.4 Å². The van der Waals surface area contributed by atoms with E-state index in [1.54, 1.807) is 12.4 Å². The van der Waals surface area contributed by atoms with Crippen molar-refractivity contribution in [1.82, 2.24) is 49.8 Å². The smallest absolute Gasteiger partial charge is 0.357 e. The molecule has 0 unspecified atom stereocenters. The fourth-order valence-corrected chi connectivity index (χ4v) is 5.54. The molecule has 9 rings (SSSR count). The van der Waals surface area contributed by atoms with Crippen LogP contribution in [0.3, 0.4) is 0 Å². The molecule has 2 aliphatic rings. The minimum atomic E-state index is 0. The van der Waals surface area contributed by atoms with Crippen molar-refractivity contribution in [2.75, 3.05) is 0 Å². The molecule has 10 nitrogen and oxygen atoms in total. The van der Waals surface area contributed by atoms with Gasteiger partial charge < -0.3 is 29.9 Å². The fraction of sp³-hybridized carbons (Fsp3) is 0.0625. The third-order valence-electron chi connectivity index (χ3n) is 7.53. The number of rotatable bonds is 0. The van der Waals surface area contributed by atoms with Crippen LogP contribution in [0.1, 0.15) is 11.1 Å². The molecule has 8 bridgehead atoms. The van der Waals surface area contributed by atoms with E-state index in [4.69, 9.17) is 39.9 Å². The van der Waals surface area contributed by atoms with Crippen molar-refractivity contribution >= 4 is 44.1 Å². The van der Waals surface area contributed by atoms with Gasteiger partial charge in [-0.3, -0.25) is 9.97 Å². The Hall–Kier alpha value is -5.38. The van der Waals surface area contributed by atoms with E-state index in [0.29, 0.717) is 57.3 Å². The minimum absolute atomic E-state index is 0. The van der Waals surface area contributed by atoms with Gasteiger partial charge in [0.25, 0.3) is 0 Å². The summed E-state index contributed by atoms with van der Waals surface area (Å²) in [6, 6.07) is 19.8. The van der Waals surface area contributed by atoms with Crippen LogP contribution in [0, 0.1) is 13.8 Å². The second kappa shape index (κ2) is 9.32. The predicted molar refractivity (Wildman–Crippen MR) is 159 cm³/mol. The second-order valence-corrected chi connectivity index (χ2v) is 10.4. The fourth-order valence-electron chi connectivity index (χ4n) is 5.54. The van der Waals surface area contributed by atoms with E-state index in [9.17, 15) is 0 Å². The van der Waals surface area contributed by atoms with Crippen LogP contribution in [0.5, 0.6) is 0 Å². The van der Waals surface area contributed by atoms with Crippen LogP contribution < -0.4 is 9.97 Å². The topological polar surface area (TPSA) is 131 Å². The standard InChI is InChI=1S/C32H18N10.Cu/c1-15-7-9-17-21(13-15)29-37-25(17)35-27-20-6-4-12-34-24(20)32(40-27)42-30-22-14-16(2)8-10-18(22)26(38-30)36-28-19-5-3-11-33-23(19)31(39-28)41-29;/h3-14H,1-2H3;/q-2;+2. The molecule has 0 spiro atoms. The van der Waals surface area contributed by atoms with Gasteiger partial charge >= 0.3 is 17.1 Å². The van der Waals surface area contributed by atoms with Crippen LogP contribution in [0.25, 0.3) is 89.9 Å². The molecule has 1 radical (unpaired) electrons. The maximum absolute atomic E-state index is 4.94. The summed E-state index contributed by atoms with van der Waals surface area (Å²) in [4.78, 5) is 48.4. The zero-order chi connectivity index (χ0) is 27.9. The van der Waals surface area contributed by atoms with Crippen molar-refractivity contribution in [2.45, 2.75) is 13.8 Å². The summed E-state index contributed by atoms with van der Waals surface area (Å²) in [5.41, 5.74) is 7.02. The summed E-state index contributed by atoms with van der Waals surface area (Å²) in [7, 11) is 0. The Morgan fingerprint density at radius 3 is 1.35 bits per heavy atom. The molecule has 0 N–H and O–H groups in total. The molecule has 0 fully saturated rings. The van der Waals surface area contributed by atoms with Crippen LogP contribution in [0.2, 0.25) is 0 Å². The Bertz CT molecular complexity index is 2290. The average molecular weight is 606 g/mol. The number of aromatic nitrogens is 10. The molecule has 7 aromatic rings. The molecular formula is C32H18CuN10. The Morgan fingerprint density at radius 2 is 0.884 bits per heavy atom. The SMILES string of the molecule is Cc1ccc2c3nc4nc(nc5[n-]c(nc6nc(nc([n-]3)c2c1)-c1ncccc1-6)c1ccc(C)cc51)-c1ncccc1-4.[Cu+2]. The first-order valence-electron chi connectivity index (χ1n) is 13.4. The van der Waals surface area contributed by atoms with Crippen LogP contribution in [-0.2, 0) is 17.1 Å². The second-order valence-electron chi connectivity index (χ2n) is 10.4. The first kappa shape index (κ1) is 25.3. The summed E-state index contributed by atoms with van der Waals surface area (Å²) < 4.78 is 0. The van der Waals surface area contributed by atoms with Crippen molar-refractivity contribution in [1.29, 1.82) is 0 Å². The summed E-state index contributed by atoms with van der Waals surface area (Å²) >= 11 is 0. The number of aryl methyl sites for hydroxylation is 2. The average Bonchev–Trinajstić information content (AvgIpc) is 3.72. The summed E-state index contributed by atoms with van der Waals surface area (Å²) in [6.07, 6.45) is 3.45. The molecule has 43 heavy (non-hydrogen) atoms. The third-order valence-corrected chi connectivity index (χ3v) is 7.53. The monoisotopic (exact) mass is 605 g/mol. The van der Waals surface area contributed by atoms with Crippen LogP contribution >= 0.6 is 0 Å². The Kier molecular flexibility index (Phi) is 5.49. The molecule has 0 aliphatic carbocycles. The van der Waals surface area contributed by atoms with Gasteiger partial charge in [-0.25, -0.2) is 9.97 Å². The van der Waals surface area contributed by atoms with Crippen molar-refractivity contribution in [3.05, 3.63) is 84.2 Å². The summed E-state index contributed by atoms with van der Waals surface area (Å²) in [5, 5.41) is 3.45. The quantitative estimate of drug-likeness (QED) is 0.203. The van der Waals surface area contributed by atoms with Gasteiger partial charge in [-0.1, -0.05) is 47.5 Å². The zero-order valence-electron chi connectivity index (χ0n) is 22.7. The maximum atomic E-state index is 4.94. The number of nitrogens with zero attached hydrogens (tertiary/aromatic N) is 10. The molecule has 5 aromatic heterocycles. The zero-order valence-corrected chi connectivity index (χ0v) is 23.6. The van der Waals surface area contributed by atoms with Gasteiger partial charge in [0, 0.05) is 46.1 Å². The molecule has 2 aliphatic heterocycles. The van der Waals surface area contributed by atoms with E-state index in [2.05, 4.69) is 22.1 Å². The van der Waals surface area contributed by atoms with Gasteiger partial charge in [0.1, 0.15) is 23.0 Å². The maximum Gasteiger partial charge on any atom is 2.00 e. The summed E-state index contributed by atoms with van der Waals surface area (Å²) in [6.45, 7) is 4.07. The number of fused-ring (bicyclic) bond motifs is 20. The molecule has 7 heterocycles. The number of hydrogen-bond donors (Lipinski definition) is 0. The van der Waals surface area contributed by atoms with Crippen LogP contribution in [0.4, 0.5) is 0 Å². The van der Waals surface area contributed by atoms with Crippen molar-refractivity contribution in [2.24, 2.45) is 0 Å². The van der Waals surface area contributed by atoms with Gasteiger partial charge in [-0.05, 0) is 59.7 Å². The Morgan fingerprint density at radius 1 is 0.465 bits per heavy atom.